The maximum atomic E-state index is 12.9. The van der Waals surface area contributed by atoms with Crippen LogP contribution in [0.3, 0.4) is 0 Å². The summed E-state index contributed by atoms with van der Waals surface area (Å²) in [5.74, 6) is -0.103. The minimum atomic E-state index is -3.61. The fraction of sp³-hybridized carbons (Fsp3) is 0.619. The molecule has 2 aliphatic rings. The molecular formula is C21H32N4O4S. The predicted molar refractivity (Wildman–Crippen MR) is 115 cm³/mol. The Morgan fingerprint density at radius 2 is 1.83 bits per heavy atom. The molecule has 0 aromatic heterocycles. The highest BCUT2D eigenvalue weighted by atomic mass is 32.2. The van der Waals surface area contributed by atoms with Gasteiger partial charge in [-0.25, -0.2) is 8.42 Å². The summed E-state index contributed by atoms with van der Waals surface area (Å²) in [6.07, 6.45) is 4.37. The molecule has 0 aliphatic carbocycles. The zero-order chi connectivity index (χ0) is 21.6. The van der Waals surface area contributed by atoms with Crippen molar-refractivity contribution >= 4 is 21.8 Å². The van der Waals surface area contributed by atoms with E-state index in [9.17, 15) is 18.0 Å². The molecule has 0 bridgehead atoms. The van der Waals surface area contributed by atoms with Gasteiger partial charge in [0.15, 0.2) is 0 Å². The number of carbonyl (C=O) groups is 2. The Morgan fingerprint density at radius 3 is 2.60 bits per heavy atom. The van der Waals surface area contributed by atoms with Crippen molar-refractivity contribution in [3.63, 3.8) is 0 Å². The standard InChI is InChI=1S/C21H32N4O4S/c1-23-13-15-25(16-14-23)30(28,29)19-8-5-7-18(17-19)21(27)22-10-6-12-24-11-4-2-3-9-20(24)26/h5,7-8,17H,2-4,6,9-16H2,1H3,(H,22,27). The molecule has 2 aliphatic heterocycles. The molecule has 0 radical (unpaired) electrons. The van der Waals surface area contributed by atoms with E-state index in [2.05, 4.69) is 10.2 Å². The van der Waals surface area contributed by atoms with Crippen LogP contribution in [0.4, 0.5) is 0 Å². The maximum Gasteiger partial charge on any atom is 0.251 e. The highest BCUT2D eigenvalue weighted by Crippen LogP contribution is 2.19. The predicted octanol–water partition coefficient (Wildman–Crippen LogP) is 1.15. The van der Waals surface area contributed by atoms with Gasteiger partial charge in [-0.2, -0.15) is 4.31 Å². The van der Waals surface area contributed by atoms with Gasteiger partial charge in [-0.3, -0.25) is 9.59 Å². The Kier molecular flexibility index (Phi) is 7.85. The van der Waals surface area contributed by atoms with E-state index in [-0.39, 0.29) is 16.7 Å². The summed E-state index contributed by atoms with van der Waals surface area (Å²) in [5.41, 5.74) is 0.330. The van der Waals surface area contributed by atoms with Gasteiger partial charge >= 0.3 is 0 Å². The average molecular weight is 437 g/mol. The minimum absolute atomic E-state index is 0.148. The number of likely N-dealkylation sites (N-methyl/N-ethyl adjacent to an activating group) is 1. The van der Waals surface area contributed by atoms with Crippen molar-refractivity contribution in [1.29, 1.82) is 0 Å². The van der Waals surface area contributed by atoms with E-state index in [1.165, 1.54) is 16.4 Å². The molecular weight excluding hydrogens is 404 g/mol. The van der Waals surface area contributed by atoms with Crippen molar-refractivity contribution in [1.82, 2.24) is 19.4 Å². The lowest BCUT2D eigenvalue weighted by Crippen LogP contribution is -2.47. The number of nitrogens with one attached hydrogen (secondary N) is 1. The monoisotopic (exact) mass is 436 g/mol. The number of rotatable bonds is 7. The molecule has 2 amide bonds. The second kappa shape index (κ2) is 10.4. The van der Waals surface area contributed by atoms with Crippen molar-refractivity contribution in [3.05, 3.63) is 29.8 Å². The van der Waals surface area contributed by atoms with Gasteiger partial charge in [-0.15, -0.1) is 0 Å². The van der Waals surface area contributed by atoms with Gasteiger partial charge < -0.3 is 15.1 Å². The van der Waals surface area contributed by atoms with Crippen LogP contribution in [0.1, 0.15) is 42.5 Å². The third-order valence-electron chi connectivity index (χ3n) is 5.76. The van der Waals surface area contributed by atoms with Crippen LogP contribution in [-0.2, 0) is 14.8 Å². The summed E-state index contributed by atoms with van der Waals surface area (Å²) < 4.78 is 27.3. The van der Waals surface area contributed by atoms with Crippen LogP contribution in [0.25, 0.3) is 0 Å². The van der Waals surface area contributed by atoms with Crippen molar-refractivity contribution in [2.75, 3.05) is 52.9 Å². The molecule has 1 aromatic carbocycles. The van der Waals surface area contributed by atoms with Gasteiger partial charge in [0.2, 0.25) is 15.9 Å². The largest absolute Gasteiger partial charge is 0.352 e. The molecule has 166 valence electrons. The van der Waals surface area contributed by atoms with Crippen LogP contribution < -0.4 is 5.32 Å². The third kappa shape index (κ3) is 5.80. The topological polar surface area (TPSA) is 90.0 Å². The number of nitrogens with zero attached hydrogens (tertiary/aromatic N) is 3. The molecule has 1 N–H and O–H groups in total. The van der Waals surface area contributed by atoms with Gasteiger partial charge in [-0.1, -0.05) is 12.5 Å². The zero-order valence-electron chi connectivity index (χ0n) is 17.7. The van der Waals surface area contributed by atoms with E-state index >= 15 is 0 Å². The smallest absolute Gasteiger partial charge is 0.251 e. The lowest BCUT2D eigenvalue weighted by Gasteiger charge is -2.31. The molecule has 0 unspecified atom stereocenters. The van der Waals surface area contributed by atoms with Gasteiger partial charge in [-0.05, 0) is 44.5 Å². The molecule has 1 aromatic rings. The fourth-order valence-electron chi connectivity index (χ4n) is 3.82. The number of hydrogen-bond acceptors (Lipinski definition) is 5. The molecule has 30 heavy (non-hydrogen) atoms. The lowest BCUT2D eigenvalue weighted by atomic mass is 10.2. The summed E-state index contributed by atoms with van der Waals surface area (Å²) in [6.45, 7) is 4.15. The lowest BCUT2D eigenvalue weighted by molar-refractivity contribution is -0.130. The van der Waals surface area contributed by atoms with E-state index in [1.54, 1.807) is 12.1 Å². The molecule has 9 heteroatoms. The van der Waals surface area contributed by atoms with E-state index in [0.717, 1.165) is 25.8 Å². The molecule has 0 spiro atoms. The minimum Gasteiger partial charge on any atom is -0.352 e. The summed E-state index contributed by atoms with van der Waals surface area (Å²) in [6, 6.07) is 6.21. The van der Waals surface area contributed by atoms with Crippen molar-refractivity contribution in [3.8, 4) is 0 Å². The second-order valence-electron chi connectivity index (χ2n) is 8.04. The van der Waals surface area contributed by atoms with Crippen molar-refractivity contribution < 1.29 is 18.0 Å². The van der Waals surface area contributed by atoms with Crippen LogP contribution in [0.15, 0.2) is 29.2 Å². The quantitative estimate of drug-likeness (QED) is 0.648. The average Bonchev–Trinajstić information content (AvgIpc) is 2.95. The van der Waals surface area contributed by atoms with Crippen molar-refractivity contribution in [2.45, 2.75) is 37.0 Å². The normalized spacial score (nSPS) is 19.5. The van der Waals surface area contributed by atoms with Gasteiger partial charge in [0.25, 0.3) is 5.91 Å². The molecule has 2 saturated heterocycles. The molecule has 2 heterocycles. The second-order valence-corrected chi connectivity index (χ2v) is 9.97. The van der Waals surface area contributed by atoms with E-state index in [4.69, 9.17) is 0 Å². The fourth-order valence-corrected chi connectivity index (χ4v) is 5.29. The Morgan fingerprint density at radius 1 is 1.07 bits per heavy atom. The number of hydrogen-bond donors (Lipinski definition) is 1. The first-order chi connectivity index (χ1) is 14.4. The SMILES string of the molecule is CN1CCN(S(=O)(=O)c2cccc(C(=O)NCCCN3CCCCCC3=O)c2)CC1. The van der Waals surface area contributed by atoms with Gasteiger partial charge in [0.05, 0.1) is 4.90 Å². The first kappa shape index (κ1) is 22.7. The highest BCUT2D eigenvalue weighted by Gasteiger charge is 2.28. The maximum absolute atomic E-state index is 12.9. The number of likely N-dealkylation sites (tertiary alicyclic amines) is 1. The Bertz CT molecular complexity index is 850. The zero-order valence-corrected chi connectivity index (χ0v) is 18.5. The summed E-state index contributed by atoms with van der Waals surface area (Å²) >= 11 is 0. The van der Waals surface area contributed by atoms with E-state index in [1.807, 2.05) is 11.9 Å². The molecule has 8 nitrogen and oxygen atoms in total. The van der Waals surface area contributed by atoms with Crippen LogP contribution >= 0.6 is 0 Å². The van der Waals surface area contributed by atoms with Gasteiger partial charge in [0.1, 0.15) is 0 Å². The highest BCUT2D eigenvalue weighted by molar-refractivity contribution is 7.89. The molecule has 3 rings (SSSR count). The number of amides is 2. The van der Waals surface area contributed by atoms with E-state index < -0.39 is 10.0 Å². The third-order valence-corrected chi connectivity index (χ3v) is 7.65. The van der Waals surface area contributed by atoms with Crippen LogP contribution in [0.5, 0.6) is 0 Å². The first-order valence-electron chi connectivity index (χ1n) is 10.7. The number of benzene rings is 1. The number of piperazine rings is 1. The Balaban J connectivity index is 1.53. The summed E-state index contributed by atoms with van der Waals surface area (Å²) in [7, 11) is -1.64. The molecule has 0 atom stereocenters. The summed E-state index contributed by atoms with van der Waals surface area (Å²) in [5, 5.41) is 2.84. The number of carbonyl (C=O) groups excluding carboxylic acids is 2. The van der Waals surface area contributed by atoms with Gasteiger partial charge in [0, 0.05) is 57.8 Å². The molecule has 0 saturated carbocycles. The first-order valence-corrected chi connectivity index (χ1v) is 12.2. The number of sulfonamides is 1. The summed E-state index contributed by atoms with van der Waals surface area (Å²) in [4.78, 5) is 28.6. The van der Waals surface area contributed by atoms with Crippen LogP contribution in [0.2, 0.25) is 0 Å². The van der Waals surface area contributed by atoms with Crippen LogP contribution in [0, 0.1) is 0 Å². The van der Waals surface area contributed by atoms with Crippen LogP contribution in [-0.4, -0.2) is 87.2 Å². The van der Waals surface area contributed by atoms with E-state index in [0.29, 0.717) is 57.7 Å². The molecule has 2 fully saturated rings. The van der Waals surface area contributed by atoms with Crippen molar-refractivity contribution in [2.24, 2.45) is 0 Å². The Labute approximate surface area is 179 Å². The Hall–Kier alpha value is -1.97.